The van der Waals surface area contributed by atoms with Gasteiger partial charge in [0.2, 0.25) is 0 Å². The van der Waals surface area contributed by atoms with Crippen molar-refractivity contribution in [2.24, 2.45) is 5.92 Å². The minimum atomic E-state index is -4.28. The largest absolute Gasteiger partial charge is 0.391 e. The van der Waals surface area contributed by atoms with E-state index in [9.17, 15) is 21.6 Å². The predicted octanol–water partition coefficient (Wildman–Crippen LogP) is 1.90. The highest BCUT2D eigenvalue weighted by molar-refractivity contribution is 7.90. The zero-order valence-electron chi connectivity index (χ0n) is 11.9. The minimum Gasteiger partial charge on any atom is -0.384 e. The van der Waals surface area contributed by atoms with Crippen LogP contribution in [0, 0.1) is 12.8 Å². The van der Waals surface area contributed by atoms with Gasteiger partial charge in [-0.15, -0.1) is 0 Å². The summed E-state index contributed by atoms with van der Waals surface area (Å²) in [4.78, 5) is 3.85. The van der Waals surface area contributed by atoms with E-state index in [1.165, 1.54) is 6.07 Å². The molecular formula is C12H17F3N4O2S. The summed E-state index contributed by atoms with van der Waals surface area (Å²) < 4.78 is 65.4. The molecule has 1 aliphatic rings. The molecule has 1 fully saturated rings. The summed E-state index contributed by atoms with van der Waals surface area (Å²) in [7, 11) is -3.94. The van der Waals surface area contributed by atoms with Crippen LogP contribution in [-0.4, -0.2) is 37.0 Å². The Morgan fingerprint density at radius 2 is 1.91 bits per heavy atom. The second-order valence-corrected chi connectivity index (χ2v) is 6.95. The van der Waals surface area contributed by atoms with Crippen molar-refractivity contribution in [3.05, 3.63) is 17.7 Å². The minimum absolute atomic E-state index is 0.0513. The summed E-state index contributed by atoms with van der Waals surface area (Å²) in [6.45, 7) is 1.37. The van der Waals surface area contributed by atoms with E-state index in [-0.39, 0.29) is 37.6 Å². The fourth-order valence-corrected chi connectivity index (χ4v) is 3.56. The van der Waals surface area contributed by atoms with E-state index in [0.717, 1.165) is 9.87 Å². The SMILES string of the molecule is Cc1cc(N)nc(NS(=O)(=O)N2CCC(C(F)(F)F)CC2)c1. The summed E-state index contributed by atoms with van der Waals surface area (Å²) >= 11 is 0. The summed E-state index contributed by atoms with van der Waals surface area (Å²) in [6, 6.07) is 3.07. The maximum absolute atomic E-state index is 12.6. The number of rotatable bonds is 3. The van der Waals surface area contributed by atoms with Crippen molar-refractivity contribution in [3.8, 4) is 0 Å². The third-order valence-corrected chi connectivity index (χ3v) is 4.99. The molecule has 22 heavy (non-hydrogen) atoms. The van der Waals surface area contributed by atoms with Crippen molar-refractivity contribution in [2.75, 3.05) is 23.5 Å². The van der Waals surface area contributed by atoms with E-state index in [2.05, 4.69) is 9.71 Å². The fourth-order valence-electron chi connectivity index (χ4n) is 2.37. The average Bonchev–Trinajstić information content (AvgIpc) is 2.36. The second kappa shape index (κ2) is 5.92. The first-order chi connectivity index (χ1) is 10.1. The molecule has 1 aromatic heterocycles. The number of anilines is 2. The maximum Gasteiger partial charge on any atom is 0.391 e. The molecule has 1 saturated heterocycles. The molecule has 2 rings (SSSR count). The Hall–Kier alpha value is -1.55. The second-order valence-electron chi connectivity index (χ2n) is 5.28. The Labute approximate surface area is 126 Å². The lowest BCUT2D eigenvalue weighted by molar-refractivity contribution is -0.182. The van der Waals surface area contributed by atoms with Gasteiger partial charge in [0.25, 0.3) is 0 Å². The topological polar surface area (TPSA) is 88.3 Å². The molecule has 0 saturated carbocycles. The molecule has 0 unspecified atom stereocenters. The number of nitrogen functional groups attached to an aromatic ring is 1. The highest BCUT2D eigenvalue weighted by Crippen LogP contribution is 2.34. The zero-order valence-corrected chi connectivity index (χ0v) is 12.7. The molecule has 0 spiro atoms. The van der Waals surface area contributed by atoms with E-state index in [1.807, 2.05) is 0 Å². The number of halogens is 3. The number of alkyl halides is 3. The molecule has 0 amide bonds. The first-order valence-corrected chi connectivity index (χ1v) is 8.11. The quantitative estimate of drug-likeness (QED) is 0.881. The molecule has 0 bridgehead atoms. The lowest BCUT2D eigenvalue weighted by atomic mass is 9.98. The normalized spacial score (nSPS) is 18.4. The van der Waals surface area contributed by atoms with Crippen molar-refractivity contribution in [3.63, 3.8) is 0 Å². The molecule has 0 radical (unpaired) electrons. The zero-order chi connectivity index (χ0) is 16.5. The molecule has 0 aromatic carbocycles. The fraction of sp³-hybridized carbons (Fsp3) is 0.583. The van der Waals surface area contributed by atoms with E-state index >= 15 is 0 Å². The van der Waals surface area contributed by atoms with Gasteiger partial charge in [0.05, 0.1) is 5.92 Å². The number of aromatic nitrogens is 1. The summed E-state index contributed by atoms with van der Waals surface area (Å²) in [5.74, 6) is -1.24. The summed E-state index contributed by atoms with van der Waals surface area (Å²) in [5.41, 5.74) is 6.26. The number of nitrogens with zero attached hydrogens (tertiary/aromatic N) is 2. The number of hydrogen-bond donors (Lipinski definition) is 2. The Morgan fingerprint density at radius 3 is 2.41 bits per heavy atom. The molecular weight excluding hydrogens is 321 g/mol. The van der Waals surface area contributed by atoms with Crippen molar-refractivity contribution >= 4 is 21.8 Å². The van der Waals surface area contributed by atoms with Crippen LogP contribution in [0.5, 0.6) is 0 Å². The summed E-state index contributed by atoms with van der Waals surface area (Å²) in [5, 5.41) is 0. The van der Waals surface area contributed by atoms with E-state index < -0.39 is 22.3 Å². The summed E-state index contributed by atoms with van der Waals surface area (Å²) in [6.07, 6.45) is -4.77. The third-order valence-electron chi connectivity index (χ3n) is 3.48. The van der Waals surface area contributed by atoms with Crippen LogP contribution in [-0.2, 0) is 10.2 Å². The van der Waals surface area contributed by atoms with Gasteiger partial charge >= 0.3 is 16.4 Å². The van der Waals surface area contributed by atoms with Crippen LogP contribution in [0.15, 0.2) is 12.1 Å². The molecule has 10 heteroatoms. The van der Waals surface area contributed by atoms with Crippen LogP contribution in [0.2, 0.25) is 0 Å². The number of nitrogens with one attached hydrogen (secondary N) is 1. The molecule has 0 atom stereocenters. The van der Waals surface area contributed by atoms with E-state index in [1.54, 1.807) is 13.0 Å². The highest BCUT2D eigenvalue weighted by atomic mass is 32.2. The molecule has 0 aliphatic carbocycles. The smallest absolute Gasteiger partial charge is 0.384 e. The molecule has 1 aliphatic heterocycles. The lowest BCUT2D eigenvalue weighted by Gasteiger charge is -2.32. The van der Waals surface area contributed by atoms with Gasteiger partial charge in [0.1, 0.15) is 11.6 Å². The van der Waals surface area contributed by atoms with Crippen LogP contribution >= 0.6 is 0 Å². The van der Waals surface area contributed by atoms with Crippen molar-refractivity contribution in [2.45, 2.75) is 25.9 Å². The van der Waals surface area contributed by atoms with Gasteiger partial charge in [-0.2, -0.15) is 25.9 Å². The van der Waals surface area contributed by atoms with Crippen LogP contribution in [0.25, 0.3) is 0 Å². The van der Waals surface area contributed by atoms with E-state index in [0.29, 0.717) is 0 Å². The first kappa shape index (κ1) is 16.8. The Kier molecular flexibility index (Phi) is 4.52. The van der Waals surface area contributed by atoms with Gasteiger partial charge < -0.3 is 5.73 Å². The van der Waals surface area contributed by atoms with Crippen molar-refractivity contribution in [1.82, 2.24) is 9.29 Å². The Morgan fingerprint density at radius 1 is 1.32 bits per heavy atom. The van der Waals surface area contributed by atoms with Crippen LogP contribution in [0.1, 0.15) is 18.4 Å². The van der Waals surface area contributed by atoms with E-state index in [4.69, 9.17) is 5.73 Å². The number of aryl methyl sites for hydroxylation is 1. The van der Waals surface area contributed by atoms with Gasteiger partial charge in [-0.1, -0.05) is 0 Å². The molecule has 1 aromatic rings. The van der Waals surface area contributed by atoms with Gasteiger partial charge in [-0.05, 0) is 37.5 Å². The number of piperidine rings is 1. The molecule has 124 valence electrons. The average molecular weight is 338 g/mol. The third kappa shape index (κ3) is 4.01. The van der Waals surface area contributed by atoms with Crippen molar-refractivity contribution in [1.29, 1.82) is 0 Å². The maximum atomic E-state index is 12.6. The van der Waals surface area contributed by atoms with Gasteiger partial charge in [-0.3, -0.25) is 4.72 Å². The standard InChI is InChI=1S/C12H17F3N4O2S/c1-8-6-10(16)17-11(7-8)18-22(20,21)19-4-2-9(3-5-19)12(13,14)15/h6-7,9H,2-5H2,1H3,(H3,16,17,18). The monoisotopic (exact) mass is 338 g/mol. The molecule has 2 heterocycles. The van der Waals surface area contributed by atoms with Gasteiger partial charge in [0.15, 0.2) is 0 Å². The molecule has 6 nitrogen and oxygen atoms in total. The van der Waals surface area contributed by atoms with Crippen LogP contribution in [0.3, 0.4) is 0 Å². The Balaban J connectivity index is 2.06. The highest BCUT2D eigenvalue weighted by Gasteiger charge is 2.42. The number of nitrogens with two attached hydrogens (primary N) is 1. The first-order valence-electron chi connectivity index (χ1n) is 6.67. The van der Waals surface area contributed by atoms with Gasteiger partial charge in [0, 0.05) is 13.1 Å². The van der Waals surface area contributed by atoms with Crippen LogP contribution in [0.4, 0.5) is 24.8 Å². The Bertz CT molecular complexity index is 620. The van der Waals surface area contributed by atoms with Crippen molar-refractivity contribution < 1.29 is 21.6 Å². The number of pyridine rings is 1. The van der Waals surface area contributed by atoms with Gasteiger partial charge in [-0.25, -0.2) is 4.98 Å². The lowest BCUT2D eigenvalue weighted by Crippen LogP contribution is -2.44. The number of hydrogen-bond acceptors (Lipinski definition) is 4. The van der Waals surface area contributed by atoms with Crippen LogP contribution < -0.4 is 10.5 Å². The molecule has 3 N–H and O–H groups in total. The predicted molar refractivity (Wildman–Crippen MR) is 76.3 cm³/mol.